The largest absolute Gasteiger partial charge is 0.481 e. The SMILES string of the molecule is CC(CC(=O)O)CC(=O)O.CC1CC(=O)OC(=O)C1. The molecule has 0 bridgehead atoms. The van der Waals surface area contributed by atoms with Gasteiger partial charge >= 0.3 is 23.9 Å². The lowest BCUT2D eigenvalue weighted by Crippen LogP contribution is -2.23. The first-order chi connectivity index (χ1) is 8.70. The first-order valence-corrected chi connectivity index (χ1v) is 5.87. The second-order valence-corrected chi connectivity index (χ2v) is 4.66. The molecule has 0 aromatic heterocycles. The van der Waals surface area contributed by atoms with E-state index in [1.807, 2.05) is 6.92 Å². The number of carbonyl (C=O) groups is 4. The highest BCUT2D eigenvalue weighted by Crippen LogP contribution is 2.14. The van der Waals surface area contributed by atoms with Crippen molar-refractivity contribution in [3.8, 4) is 0 Å². The van der Waals surface area contributed by atoms with Gasteiger partial charge in [-0.2, -0.15) is 0 Å². The van der Waals surface area contributed by atoms with Crippen LogP contribution in [-0.4, -0.2) is 34.1 Å². The van der Waals surface area contributed by atoms with Gasteiger partial charge in [-0.15, -0.1) is 0 Å². The van der Waals surface area contributed by atoms with Crippen LogP contribution in [0.25, 0.3) is 0 Å². The van der Waals surface area contributed by atoms with Gasteiger partial charge in [0, 0.05) is 25.7 Å². The highest BCUT2D eigenvalue weighted by Gasteiger charge is 2.23. The van der Waals surface area contributed by atoms with Crippen LogP contribution in [0.2, 0.25) is 0 Å². The van der Waals surface area contributed by atoms with Gasteiger partial charge in [-0.3, -0.25) is 19.2 Å². The molecule has 0 spiro atoms. The second-order valence-electron chi connectivity index (χ2n) is 4.66. The van der Waals surface area contributed by atoms with Crippen molar-refractivity contribution >= 4 is 23.9 Å². The number of carboxylic acid groups (broad SMARTS) is 2. The summed E-state index contributed by atoms with van der Waals surface area (Å²) in [6.45, 7) is 3.46. The van der Waals surface area contributed by atoms with Gasteiger partial charge in [0.1, 0.15) is 0 Å². The van der Waals surface area contributed by atoms with Gasteiger partial charge in [0.2, 0.25) is 0 Å². The van der Waals surface area contributed by atoms with E-state index in [4.69, 9.17) is 10.2 Å². The maximum atomic E-state index is 10.4. The van der Waals surface area contributed by atoms with E-state index in [0.29, 0.717) is 12.8 Å². The van der Waals surface area contributed by atoms with Gasteiger partial charge in [0.15, 0.2) is 0 Å². The molecule has 1 saturated heterocycles. The molecular formula is C12H18O7. The summed E-state index contributed by atoms with van der Waals surface area (Å²) < 4.78 is 4.28. The molecule has 0 aliphatic carbocycles. The Labute approximate surface area is 110 Å². The fourth-order valence-electron chi connectivity index (χ4n) is 1.52. The number of rotatable bonds is 4. The van der Waals surface area contributed by atoms with Crippen LogP contribution in [0.4, 0.5) is 0 Å². The van der Waals surface area contributed by atoms with E-state index < -0.39 is 23.9 Å². The van der Waals surface area contributed by atoms with Crippen LogP contribution in [0, 0.1) is 11.8 Å². The molecule has 1 aliphatic heterocycles. The van der Waals surface area contributed by atoms with Crippen molar-refractivity contribution in [1.29, 1.82) is 0 Å². The second kappa shape index (κ2) is 8.23. The highest BCUT2D eigenvalue weighted by atomic mass is 16.6. The summed E-state index contributed by atoms with van der Waals surface area (Å²) in [5.74, 6) is -2.80. The predicted molar refractivity (Wildman–Crippen MR) is 63.2 cm³/mol. The molecule has 0 radical (unpaired) electrons. The minimum atomic E-state index is -0.950. The summed E-state index contributed by atoms with van der Waals surface area (Å²) in [5.41, 5.74) is 0. The molecule has 7 nitrogen and oxygen atoms in total. The Morgan fingerprint density at radius 2 is 1.53 bits per heavy atom. The van der Waals surface area contributed by atoms with Crippen LogP contribution < -0.4 is 0 Å². The van der Waals surface area contributed by atoms with Crippen LogP contribution in [0.1, 0.15) is 39.5 Å². The quantitative estimate of drug-likeness (QED) is 0.581. The first kappa shape index (κ1) is 17.1. The molecule has 0 aromatic rings. The zero-order chi connectivity index (χ0) is 15.0. The number of hydrogen-bond donors (Lipinski definition) is 2. The van der Waals surface area contributed by atoms with Gasteiger partial charge in [0.05, 0.1) is 0 Å². The number of carboxylic acids is 2. The van der Waals surface area contributed by atoms with E-state index in [-0.39, 0.29) is 24.7 Å². The van der Waals surface area contributed by atoms with Crippen molar-refractivity contribution in [3.05, 3.63) is 0 Å². The molecule has 0 unspecified atom stereocenters. The topological polar surface area (TPSA) is 118 Å². The lowest BCUT2D eigenvalue weighted by molar-refractivity contribution is -0.165. The Morgan fingerprint density at radius 3 is 1.79 bits per heavy atom. The molecule has 1 fully saturated rings. The number of hydrogen-bond acceptors (Lipinski definition) is 5. The van der Waals surface area contributed by atoms with Crippen LogP contribution in [0.3, 0.4) is 0 Å². The maximum Gasteiger partial charge on any atom is 0.313 e. The van der Waals surface area contributed by atoms with Gasteiger partial charge in [-0.1, -0.05) is 13.8 Å². The Hall–Kier alpha value is -1.92. The van der Waals surface area contributed by atoms with Crippen LogP contribution >= 0.6 is 0 Å². The smallest absolute Gasteiger partial charge is 0.313 e. The van der Waals surface area contributed by atoms with Crippen molar-refractivity contribution in [3.63, 3.8) is 0 Å². The fraction of sp³-hybridized carbons (Fsp3) is 0.667. The number of carbonyl (C=O) groups excluding carboxylic acids is 2. The first-order valence-electron chi connectivity index (χ1n) is 5.87. The van der Waals surface area contributed by atoms with Crippen LogP contribution in [0.15, 0.2) is 0 Å². The zero-order valence-corrected chi connectivity index (χ0v) is 10.9. The molecule has 2 N–H and O–H groups in total. The fourth-order valence-corrected chi connectivity index (χ4v) is 1.52. The normalized spacial score (nSPS) is 15.5. The number of cyclic esters (lactones) is 2. The summed E-state index contributed by atoms with van der Waals surface area (Å²) in [4.78, 5) is 40.9. The molecule has 0 saturated carbocycles. The van der Waals surface area contributed by atoms with Gasteiger partial charge in [-0.05, 0) is 11.8 Å². The molecule has 1 aliphatic rings. The average Bonchev–Trinajstić information content (AvgIpc) is 2.12. The summed E-state index contributed by atoms with van der Waals surface area (Å²) in [7, 11) is 0. The Morgan fingerprint density at radius 1 is 1.16 bits per heavy atom. The van der Waals surface area contributed by atoms with E-state index in [9.17, 15) is 19.2 Å². The summed E-state index contributed by atoms with van der Waals surface area (Å²) in [6.07, 6.45) is 0.607. The van der Waals surface area contributed by atoms with Gasteiger partial charge < -0.3 is 14.9 Å². The van der Waals surface area contributed by atoms with Crippen molar-refractivity contribution in [2.75, 3.05) is 0 Å². The van der Waals surface area contributed by atoms with E-state index in [1.165, 1.54) is 0 Å². The monoisotopic (exact) mass is 274 g/mol. The molecule has 108 valence electrons. The van der Waals surface area contributed by atoms with Crippen LogP contribution in [0.5, 0.6) is 0 Å². The van der Waals surface area contributed by atoms with Crippen molar-refractivity contribution in [1.82, 2.24) is 0 Å². The molecule has 0 amide bonds. The molecular weight excluding hydrogens is 256 g/mol. The Kier molecular flexibility index (Phi) is 7.40. The summed E-state index contributed by atoms with van der Waals surface area (Å²) in [6, 6.07) is 0. The third-order valence-corrected chi connectivity index (χ3v) is 2.30. The number of esters is 2. The molecule has 1 heterocycles. The molecule has 0 aromatic carbocycles. The molecule has 19 heavy (non-hydrogen) atoms. The number of aliphatic carboxylic acids is 2. The minimum absolute atomic E-state index is 0.0771. The highest BCUT2D eigenvalue weighted by molar-refractivity contribution is 5.88. The van der Waals surface area contributed by atoms with Gasteiger partial charge in [0.25, 0.3) is 0 Å². The van der Waals surface area contributed by atoms with E-state index >= 15 is 0 Å². The third-order valence-electron chi connectivity index (χ3n) is 2.30. The van der Waals surface area contributed by atoms with Crippen molar-refractivity contribution in [2.45, 2.75) is 39.5 Å². The lowest BCUT2D eigenvalue weighted by Gasteiger charge is -2.14. The van der Waals surface area contributed by atoms with Gasteiger partial charge in [-0.25, -0.2) is 0 Å². The zero-order valence-electron chi connectivity index (χ0n) is 10.9. The predicted octanol–water partition coefficient (Wildman–Crippen LogP) is 1.06. The number of ether oxygens (including phenoxy) is 1. The molecule has 7 heteroatoms. The van der Waals surface area contributed by atoms with E-state index in [1.54, 1.807) is 6.92 Å². The third kappa shape index (κ3) is 9.75. The molecule has 1 rings (SSSR count). The summed E-state index contributed by atoms with van der Waals surface area (Å²) >= 11 is 0. The Balaban J connectivity index is 0.000000342. The minimum Gasteiger partial charge on any atom is -0.481 e. The standard InChI is InChI=1S/C6H10O4.C6H8O3/c1-4(2-5(7)8)3-6(9)10;1-4-2-5(7)9-6(8)3-4/h4H,2-3H2,1H3,(H,7,8)(H,9,10);4H,2-3H2,1H3. The lowest BCUT2D eigenvalue weighted by atomic mass is 10.0. The maximum absolute atomic E-state index is 10.4. The van der Waals surface area contributed by atoms with E-state index in [0.717, 1.165) is 0 Å². The molecule has 0 atom stereocenters. The average molecular weight is 274 g/mol. The van der Waals surface area contributed by atoms with E-state index in [2.05, 4.69) is 4.74 Å². The van der Waals surface area contributed by atoms with Crippen molar-refractivity contribution < 1.29 is 34.1 Å². The van der Waals surface area contributed by atoms with Crippen molar-refractivity contribution in [2.24, 2.45) is 11.8 Å². The van der Waals surface area contributed by atoms with Crippen LogP contribution in [-0.2, 0) is 23.9 Å². The summed E-state index contributed by atoms with van der Waals surface area (Å²) in [5, 5.41) is 16.4. The Bertz CT molecular complexity index is 329.